The van der Waals surface area contributed by atoms with Crippen LogP contribution in [0.4, 0.5) is 5.69 Å². The summed E-state index contributed by atoms with van der Waals surface area (Å²) in [6.45, 7) is 12.3. The Morgan fingerprint density at radius 1 is 1.02 bits per heavy atom. The van der Waals surface area contributed by atoms with Gasteiger partial charge in [-0.3, -0.25) is 4.79 Å². The molecule has 2 aliphatic heterocycles. The second-order valence-corrected chi connectivity index (χ2v) is 20.0. The summed E-state index contributed by atoms with van der Waals surface area (Å²) in [5.74, 6) is 0.938. The van der Waals surface area contributed by atoms with Crippen LogP contribution in [0.25, 0.3) is 5.57 Å². The average Bonchev–Trinajstić information content (AvgIpc) is 3.17. The summed E-state index contributed by atoms with van der Waals surface area (Å²) in [6.07, 6.45) is 2.71. The first-order chi connectivity index (χ1) is 21.7. The average molecular weight is 664 g/mol. The van der Waals surface area contributed by atoms with Gasteiger partial charge in [0.1, 0.15) is 6.61 Å². The van der Waals surface area contributed by atoms with Gasteiger partial charge < -0.3 is 24.1 Å². The summed E-state index contributed by atoms with van der Waals surface area (Å²) in [7, 11) is -2.72. The SMILES string of the molecule is CNS(=O)(=O)c1ccc(C2=C[C@@H](CO[Si](C)(C)C(C)(C)C)N3C(=O)c4cc(OC)c(OCc5ccccc5)cc4NCC3C2)cc1. The maximum Gasteiger partial charge on any atom is 0.256 e. The molecule has 3 aromatic rings. The Hall–Kier alpha value is -3.64. The van der Waals surface area contributed by atoms with Gasteiger partial charge in [0, 0.05) is 12.6 Å². The van der Waals surface area contributed by atoms with Crippen molar-refractivity contribution in [3.63, 3.8) is 0 Å². The molecule has 3 aromatic carbocycles. The Labute approximate surface area is 274 Å². The summed E-state index contributed by atoms with van der Waals surface area (Å²) >= 11 is 0. The number of benzene rings is 3. The predicted octanol–water partition coefficient (Wildman–Crippen LogP) is 6.30. The highest BCUT2D eigenvalue weighted by molar-refractivity contribution is 7.89. The van der Waals surface area contributed by atoms with Gasteiger partial charge in [0.2, 0.25) is 10.0 Å². The number of ether oxygens (including phenoxy) is 2. The van der Waals surface area contributed by atoms with Gasteiger partial charge in [-0.05, 0) is 66.5 Å². The first-order valence-electron chi connectivity index (χ1n) is 15.6. The van der Waals surface area contributed by atoms with Gasteiger partial charge in [-0.2, -0.15) is 0 Å². The van der Waals surface area contributed by atoms with Crippen molar-refractivity contribution in [3.8, 4) is 11.5 Å². The quantitative estimate of drug-likeness (QED) is 0.246. The molecule has 0 saturated heterocycles. The molecule has 0 fully saturated rings. The van der Waals surface area contributed by atoms with Gasteiger partial charge >= 0.3 is 0 Å². The van der Waals surface area contributed by atoms with Crippen molar-refractivity contribution < 1.29 is 27.1 Å². The zero-order valence-corrected chi connectivity index (χ0v) is 29.5. The predicted molar refractivity (Wildman–Crippen MR) is 184 cm³/mol. The molecule has 0 radical (unpaired) electrons. The third-order valence-corrected chi connectivity index (χ3v) is 15.3. The van der Waals surface area contributed by atoms with Crippen LogP contribution >= 0.6 is 0 Å². The topological polar surface area (TPSA) is 106 Å². The third-order valence-electron chi connectivity index (χ3n) is 9.36. The van der Waals surface area contributed by atoms with E-state index in [1.54, 1.807) is 25.3 Å². The van der Waals surface area contributed by atoms with E-state index in [0.29, 0.717) is 48.9 Å². The fourth-order valence-corrected chi connectivity index (χ4v) is 7.32. The second kappa shape index (κ2) is 13.2. The van der Waals surface area contributed by atoms with Crippen molar-refractivity contribution in [1.82, 2.24) is 9.62 Å². The number of amides is 1. The van der Waals surface area contributed by atoms with Gasteiger partial charge in [0.25, 0.3) is 5.91 Å². The number of methoxy groups -OCH3 is 1. The number of hydrogen-bond donors (Lipinski definition) is 2. The van der Waals surface area contributed by atoms with Crippen LogP contribution in [0.5, 0.6) is 11.5 Å². The van der Waals surface area contributed by atoms with Gasteiger partial charge in [0.05, 0.1) is 41.9 Å². The monoisotopic (exact) mass is 663 g/mol. The molecule has 1 amide bonds. The summed E-state index contributed by atoms with van der Waals surface area (Å²) in [4.78, 5) is 16.6. The number of nitrogens with one attached hydrogen (secondary N) is 2. The lowest BCUT2D eigenvalue weighted by molar-refractivity contribution is 0.0558. The maximum atomic E-state index is 14.4. The molecule has 5 rings (SSSR count). The van der Waals surface area contributed by atoms with Gasteiger partial charge in [-0.1, -0.05) is 69.3 Å². The first kappa shape index (κ1) is 33.7. The molecule has 46 heavy (non-hydrogen) atoms. The molecule has 0 bridgehead atoms. The Morgan fingerprint density at radius 3 is 2.35 bits per heavy atom. The molecule has 2 atom stereocenters. The number of hydrogen-bond acceptors (Lipinski definition) is 7. The van der Waals surface area contributed by atoms with Crippen molar-refractivity contribution in [2.75, 3.05) is 32.6 Å². The van der Waals surface area contributed by atoms with Crippen molar-refractivity contribution in [3.05, 3.63) is 89.5 Å². The van der Waals surface area contributed by atoms with E-state index in [2.05, 4.69) is 50.0 Å². The number of fused-ring (bicyclic) bond motifs is 2. The van der Waals surface area contributed by atoms with E-state index in [0.717, 1.165) is 16.7 Å². The molecule has 2 N–H and O–H groups in total. The summed E-state index contributed by atoms with van der Waals surface area (Å²) < 4.78 is 45.6. The number of carbonyl (C=O) groups excluding carboxylic acids is 1. The van der Waals surface area contributed by atoms with Crippen LogP contribution < -0.4 is 19.5 Å². The molecular weight excluding hydrogens is 619 g/mol. The lowest BCUT2D eigenvalue weighted by Gasteiger charge is -2.43. The number of rotatable bonds is 10. The van der Waals surface area contributed by atoms with Crippen molar-refractivity contribution in [2.45, 2.75) is 68.9 Å². The lowest BCUT2D eigenvalue weighted by atomic mass is 9.90. The Bertz CT molecular complexity index is 1700. The van der Waals surface area contributed by atoms with E-state index in [-0.39, 0.29) is 27.9 Å². The summed E-state index contributed by atoms with van der Waals surface area (Å²) in [5.41, 5.74) is 4.20. The standard InChI is InChI=1S/C35H45N3O6SSi/c1-35(2,3)46(6,7)44-23-28-18-26(25-13-15-29(16-14-25)45(40,41)36-4)17-27-21-37-31-20-33(43-22-24-11-9-8-10-12-24)32(42-5)19-30(31)34(39)38(27)28/h8-16,18-20,27-28,36-37H,17,21-23H2,1-7H3/t27?,28-/m0/s1. The van der Waals surface area contributed by atoms with Crippen LogP contribution in [0.15, 0.2) is 77.7 Å². The number of carbonyl (C=O) groups is 1. The van der Waals surface area contributed by atoms with Crippen LogP contribution in [0.3, 0.4) is 0 Å². The van der Waals surface area contributed by atoms with Crippen LogP contribution in [0, 0.1) is 0 Å². The highest BCUT2D eigenvalue weighted by Gasteiger charge is 2.42. The van der Waals surface area contributed by atoms with E-state index >= 15 is 0 Å². The smallest absolute Gasteiger partial charge is 0.256 e. The minimum absolute atomic E-state index is 0.00269. The zero-order valence-electron chi connectivity index (χ0n) is 27.7. The van der Waals surface area contributed by atoms with Crippen molar-refractivity contribution in [2.24, 2.45) is 0 Å². The van der Waals surface area contributed by atoms with Gasteiger partial charge in [-0.15, -0.1) is 0 Å². The summed E-state index contributed by atoms with van der Waals surface area (Å²) in [5, 5.41) is 3.53. The number of anilines is 1. The van der Waals surface area contributed by atoms with E-state index in [4.69, 9.17) is 13.9 Å². The van der Waals surface area contributed by atoms with E-state index in [9.17, 15) is 13.2 Å². The van der Waals surface area contributed by atoms with Crippen molar-refractivity contribution in [1.29, 1.82) is 0 Å². The van der Waals surface area contributed by atoms with Crippen molar-refractivity contribution >= 4 is 35.5 Å². The molecule has 0 spiro atoms. The Morgan fingerprint density at radius 2 is 1.72 bits per heavy atom. The number of sulfonamides is 1. The first-order valence-corrected chi connectivity index (χ1v) is 20.0. The van der Waals surface area contributed by atoms with E-state index in [1.807, 2.05) is 53.4 Å². The minimum atomic E-state index is -3.55. The van der Waals surface area contributed by atoms with E-state index < -0.39 is 18.3 Å². The van der Waals surface area contributed by atoms with Crippen LogP contribution in [-0.2, 0) is 21.1 Å². The molecule has 2 heterocycles. The highest BCUT2D eigenvalue weighted by Crippen LogP contribution is 2.41. The lowest BCUT2D eigenvalue weighted by Crippen LogP contribution is -2.53. The normalized spacial score (nSPS) is 18.5. The summed E-state index contributed by atoms with van der Waals surface area (Å²) in [6, 6.07) is 19.9. The largest absolute Gasteiger partial charge is 0.493 e. The van der Waals surface area contributed by atoms with Crippen LogP contribution in [-0.4, -0.2) is 66.9 Å². The third kappa shape index (κ3) is 7.02. The minimum Gasteiger partial charge on any atom is -0.493 e. The fourth-order valence-electron chi connectivity index (χ4n) is 5.57. The Kier molecular flexibility index (Phi) is 9.69. The van der Waals surface area contributed by atoms with Gasteiger partial charge in [-0.25, -0.2) is 13.1 Å². The highest BCUT2D eigenvalue weighted by atomic mass is 32.2. The van der Waals surface area contributed by atoms with Gasteiger partial charge in [0.15, 0.2) is 19.8 Å². The fraction of sp³-hybridized carbons (Fsp3) is 0.400. The second-order valence-electron chi connectivity index (χ2n) is 13.3. The van der Waals surface area contributed by atoms with Crippen LogP contribution in [0.1, 0.15) is 48.7 Å². The van der Waals surface area contributed by atoms with E-state index in [1.165, 1.54) is 7.05 Å². The molecule has 9 nitrogen and oxygen atoms in total. The van der Waals surface area contributed by atoms with Crippen LogP contribution in [0.2, 0.25) is 18.1 Å². The Balaban J connectivity index is 1.49. The molecule has 11 heteroatoms. The number of nitrogens with zero attached hydrogens (tertiary/aromatic N) is 1. The molecule has 246 valence electrons. The maximum absolute atomic E-state index is 14.4. The zero-order chi connectivity index (χ0) is 33.3. The molecule has 0 saturated carbocycles. The molecule has 0 aromatic heterocycles. The molecule has 2 aliphatic rings. The molecule has 1 unspecified atom stereocenters. The molecule has 0 aliphatic carbocycles. The molecular formula is C35H45N3O6SSi.